The van der Waals surface area contributed by atoms with Crippen LogP contribution >= 0.6 is 31.9 Å². The van der Waals surface area contributed by atoms with Crippen LogP contribution in [0.15, 0.2) is 63.6 Å². The number of carbonyl (C=O) groups is 1. The number of hydrogen-bond acceptors (Lipinski definition) is 4. The van der Waals surface area contributed by atoms with Crippen molar-refractivity contribution < 1.29 is 14.3 Å². The van der Waals surface area contributed by atoms with Crippen molar-refractivity contribution in [2.75, 3.05) is 13.7 Å². The molecule has 0 atom stereocenters. The summed E-state index contributed by atoms with van der Waals surface area (Å²) in [5.74, 6) is 0.918. The molecule has 0 spiro atoms. The molecule has 0 fully saturated rings. The zero-order chi connectivity index (χ0) is 20.5. The minimum Gasteiger partial charge on any atom is -0.497 e. The van der Waals surface area contributed by atoms with E-state index in [0.717, 1.165) is 11.3 Å². The molecule has 0 aliphatic rings. The van der Waals surface area contributed by atoms with Crippen LogP contribution in [0, 0.1) is 11.3 Å². The predicted molar refractivity (Wildman–Crippen MR) is 116 cm³/mol. The summed E-state index contributed by atoms with van der Waals surface area (Å²) in [5, 5.41) is 12.1. The molecule has 0 saturated heterocycles. The predicted octanol–water partition coefficient (Wildman–Crippen LogP) is 5.01. The van der Waals surface area contributed by atoms with Crippen LogP contribution in [-0.2, 0) is 11.3 Å². The number of nitrogens with one attached hydrogen (secondary N) is 1. The van der Waals surface area contributed by atoms with Crippen LogP contribution < -0.4 is 14.8 Å². The minimum absolute atomic E-state index is 0.00655. The SMILES string of the molecule is C=CCOc1c(Br)cc(/C=C(\C#N)C(=O)NCc2ccc(OC)cc2)cc1Br. The number of carbonyl (C=O) groups excluding carboxylic acids is 1. The molecule has 0 heterocycles. The summed E-state index contributed by atoms with van der Waals surface area (Å²) in [4.78, 5) is 12.4. The molecule has 0 aliphatic carbocycles. The van der Waals surface area contributed by atoms with Gasteiger partial charge in [-0.05, 0) is 73.3 Å². The standard InChI is InChI=1S/C21H18Br2N2O3/c1-3-8-28-20-18(22)10-15(11-19(20)23)9-16(12-24)21(26)25-13-14-4-6-17(27-2)7-5-14/h3-7,9-11H,1,8,13H2,2H3,(H,25,26)/b16-9+. The summed E-state index contributed by atoms with van der Waals surface area (Å²) in [6, 6.07) is 12.8. The maximum absolute atomic E-state index is 12.4. The highest BCUT2D eigenvalue weighted by atomic mass is 79.9. The lowest BCUT2D eigenvalue weighted by molar-refractivity contribution is -0.117. The number of benzene rings is 2. The van der Waals surface area contributed by atoms with Gasteiger partial charge in [0.2, 0.25) is 0 Å². The van der Waals surface area contributed by atoms with E-state index < -0.39 is 5.91 Å². The summed E-state index contributed by atoms with van der Waals surface area (Å²) in [5.41, 5.74) is 1.59. The third-order valence-corrected chi connectivity index (χ3v) is 4.83. The van der Waals surface area contributed by atoms with Crippen molar-refractivity contribution in [3.05, 3.63) is 74.7 Å². The second-order valence-corrected chi connectivity index (χ2v) is 7.32. The zero-order valence-electron chi connectivity index (χ0n) is 15.2. The summed E-state index contributed by atoms with van der Waals surface area (Å²) >= 11 is 6.88. The van der Waals surface area contributed by atoms with E-state index in [2.05, 4.69) is 43.8 Å². The molecule has 1 amide bonds. The Kier molecular flexibility index (Phi) is 8.30. The van der Waals surface area contributed by atoms with E-state index in [1.54, 1.807) is 25.3 Å². The Hall–Kier alpha value is -2.56. The molecule has 2 aromatic carbocycles. The van der Waals surface area contributed by atoms with Crippen molar-refractivity contribution in [3.63, 3.8) is 0 Å². The van der Waals surface area contributed by atoms with Crippen LogP contribution in [-0.4, -0.2) is 19.6 Å². The quantitative estimate of drug-likeness (QED) is 0.311. The van der Waals surface area contributed by atoms with Gasteiger partial charge in [0.1, 0.15) is 29.7 Å². The van der Waals surface area contributed by atoms with Crippen LogP contribution in [0.1, 0.15) is 11.1 Å². The van der Waals surface area contributed by atoms with E-state index in [1.165, 1.54) is 6.08 Å². The van der Waals surface area contributed by atoms with Gasteiger partial charge in [0, 0.05) is 6.54 Å². The van der Waals surface area contributed by atoms with Crippen LogP contribution in [0.3, 0.4) is 0 Å². The summed E-state index contributed by atoms with van der Waals surface area (Å²) in [6.45, 7) is 4.29. The van der Waals surface area contributed by atoms with Gasteiger partial charge in [-0.2, -0.15) is 5.26 Å². The fraction of sp³-hybridized carbons (Fsp3) is 0.143. The number of amides is 1. The van der Waals surface area contributed by atoms with Crippen molar-refractivity contribution in [1.29, 1.82) is 5.26 Å². The maximum atomic E-state index is 12.4. The smallest absolute Gasteiger partial charge is 0.262 e. The first-order chi connectivity index (χ1) is 13.5. The molecular formula is C21H18Br2N2O3. The van der Waals surface area contributed by atoms with E-state index in [4.69, 9.17) is 9.47 Å². The first-order valence-corrected chi connectivity index (χ1v) is 9.82. The number of nitriles is 1. The van der Waals surface area contributed by atoms with Gasteiger partial charge in [-0.15, -0.1) is 0 Å². The van der Waals surface area contributed by atoms with Gasteiger partial charge in [0.15, 0.2) is 0 Å². The molecule has 0 aromatic heterocycles. The van der Waals surface area contributed by atoms with Crippen molar-refractivity contribution in [1.82, 2.24) is 5.32 Å². The number of hydrogen-bond donors (Lipinski definition) is 1. The Bertz CT molecular complexity index is 909. The molecule has 0 bridgehead atoms. The molecule has 0 saturated carbocycles. The van der Waals surface area contributed by atoms with Crippen LogP contribution in [0.2, 0.25) is 0 Å². The van der Waals surface area contributed by atoms with Gasteiger partial charge < -0.3 is 14.8 Å². The first kappa shape index (κ1) is 21.7. The van der Waals surface area contributed by atoms with Crippen LogP contribution in [0.25, 0.3) is 6.08 Å². The van der Waals surface area contributed by atoms with Crippen LogP contribution in [0.4, 0.5) is 0 Å². The van der Waals surface area contributed by atoms with Gasteiger partial charge in [0.05, 0.1) is 16.1 Å². The van der Waals surface area contributed by atoms with E-state index in [9.17, 15) is 10.1 Å². The lowest BCUT2D eigenvalue weighted by atomic mass is 10.1. The third kappa shape index (κ3) is 5.98. The average molecular weight is 506 g/mol. The molecule has 0 radical (unpaired) electrons. The van der Waals surface area contributed by atoms with E-state index in [-0.39, 0.29) is 5.57 Å². The molecule has 0 unspecified atom stereocenters. The first-order valence-electron chi connectivity index (χ1n) is 8.24. The molecular weight excluding hydrogens is 488 g/mol. The molecule has 2 rings (SSSR count). The van der Waals surface area contributed by atoms with Crippen molar-refractivity contribution >= 4 is 43.8 Å². The Balaban J connectivity index is 2.12. The van der Waals surface area contributed by atoms with E-state index in [1.807, 2.05) is 30.3 Å². The molecule has 144 valence electrons. The van der Waals surface area contributed by atoms with Crippen molar-refractivity contribution in [2.24, 2.45) is 0 Å². The van der Waals surface area contributed by atoms with Crippen LogP contribution in [0.5, 0.6) is 11.5 Å². The van der Waals surface area contributed by atoms with Gasteiger partial charge in [-0.25, -0.2) is 0 Å². The summed E-state index contributed by atoms with van der Waals surface area (Å²) in [7, 11) is 1.59. The Morgan fingerprint density at radius 3 is 2.43 bits per heavy atom. The monoisotopic (exact) mass is 504 g/mol. The van der Waals surface area contributed by atoms with Gasteiger partial charge in [-0.3, -0.25) is 4.79 Å². The topological polar surface area (TPSA) is 71.3 Å². The Morgan fingerprint density at radius 2 is 1.89 bits per heavy atom. The number of nitrogens with zero attached hydrogens (tertiary/aromatic N) is 1. The molecule has 2 aromatic rings. The average Bonchev–Trinajstić information content (AvgIpc) is 2.70. The van der Waals surface area contributed by atoms with Crippen molar-refractivity contribution in [2.45, 2.75) is 6.54 Å². The van der Waals surface area contributed by atoms with Crippen molar-refractivity contribution in [3.8, 4) is 17.6 Å². The number of ether oxygens (including phenoxy) is 2. The molecule has 7 heteroatoms. The van der Waals surface area contributed by atoms with E-state index >= 15 is 0 Å². The fourth-order valence-electron chi connectivity index (χ4n) is 2.28. The molecule has 1 N–H and O–H groups in total. The molecule has 0 aliphatic heterocycles. The second kappa shape index (κ2) is 10.7. The Morgan fingerprint density at radius 1 is 1.25 bits per heavy atom. The van der Waals surface area contributed by atoms with Gasteiger partial charge in [0.25, 0.3) is 5.91 Å². The minimum atomic E-state index is -0.447. The third-order valence-electron chi connectivity index (χ3n) is 3.65. The lowest BCUT2D eigenvalue weighted by Gasteiger charge is -2.10. The number of halogens is 2. The maximum Gasteiger partial charge on any atom is 0.262 e. The normalized spacial score (nSPS) is 10.7. The highest BCUT2D eigenvalue weighted by Gasteiger charge is 2.12. The molecule has 5 nitrogen and oxygen atoms in total. The Labute approximate surface area is 180 Å². The second-order valence-electron chi connectivity index (χ2n) is 5.61. The largest absolute Gasteiger partial charge is 0.497 e. The molecule has 28 heavy (non-hydrogen) atoms. The summed E-state index contributed by atoms with van der Waals surface area (Å²) in [6.07, 6.45) is 3.17. The highest BCUT2D eigenvalue weighted by molar-refractivity contribution is 9.11. The number of methoxy groups -OCH3 is 1. The number of rotatable bonds is 8. The van der Waals surface area contributed by atoms with E-state index in [0.29, 0.717) is 33.4 Å². The fourth-order valence-corrected chi connectivity index (χ4v) is 3.73. The van der Waals surface area contributed by atoms with Gasteiger partial charge >= 0.3 is 0 Å². The summed E-state index contributed by atoms with van der Waals surface area (Å²) < 4.78 is 12.1. The lowest BCUT2D eigenvalue weighted by Crippen LogP contribution is -2.23. The zero-order valence-corrected chi connectivity index (χ0v) is 18.3. The highest BCUT2D eigenvalue weighted by Crippen LogP contribution is 2.35. The van der Waals surface area contributed by atoms with Gasteiger partial charge in [-0.1, -0.05) is 24.8 Å².